The molecule has 4 atom stereocenters. The van der Waals surface area contributed by atoms with E-state index in [1.54, 1.807) is 12.7 Å². The first-order chi connectivity index (χ1) is 10.7. The van der Waals surface area contributed by atoms with Crippen LogP contribution in [0, 0.1) is 17.3 Å². The average molecular weight is 294 g/mol. The van der Waals surface area contributed by atoms with Crippen LogP contribution in [0.4, 0.5) is 0 Å². The van der Waals surface area contributed by atoms with Crippen LogP contribution in [0.5, 0.6) is 5.75 Å². The lowest BCUT2D eigenvalue weighted by Crippen LogP contribution is -2.40. The molecule has 0 amide bonds. The molecule has 0 saturated heterocycles. The van der Waals surface area contributed by atoms with Crippen LogP contribution in [0.1, 0.15) is 49.7 Å². The summed E-state index contributed by atoms with van der Waals surface area (Å²) in [6, 6.07) is 6.75. The average Bonchev–Trinajstić information content (AvgIpc) is 2.90. The van der Waals surface area contributed by atoms with Gasteiger partial charge in [0.15, 0.2) is 0 Å². The van der Waals surface area contributed by atoms with Crippen LogP contribution >= 0.6 is 0 Å². The van der Waals surface area contributed by atoms with Gasteiger partial charge in [-0.1, -0.05) is 31.7 Å². The van der Waals surface area contributed by atoms with Crippen molar-refractivity contribution in [1.29, 1.82) is 0 Å². The Bertz CT molecular complexity index is 641. The van der Waals surface area contributed by atoms with Crippen LogP contribution in [0.15, 0.2) is 42.5 Å². The maximum atomic E-state index is 5.41. The third-order valence-electron chi connectivity index (χ3n) is 6.79. The summed E-state index contributed by atoms with van der Waals surface area (Å²) in [6.45, 7) is 6.54. The van der Waals surface area contributed by atoms with E-state index in [1.165, 1.54) is 43.2 Å². The Morgan fingerprint density at radius 1 is 1.32 bits per heavy atom. The molecule has 0 bridgehead atoms. The SMILES string of the molecule is C=CC1=CCC2C3CCc4cc(OC)ccc4C3CC[C@]12C. The highest BCUT2D eigenvalue weighted by Gasteiger charge is 2.50. The Balaban J connectivity index is 1.68. The predicted molar refractivity (Wildman–Crippen MR) is 91.3 cm³/mol. The van der Waals surface area contributed by atoms with Crippen molar-refractivity contribution in [3.63, 3.8) is 0 Å². The van der Waals surface area contributed by atoms with Crippen LogP contribution in [0.25, 0.3) is 0 Å². The Hall–Kier alpha value is -1.50. The van der Waals surface area contributed by atoms with E-state index in [2.05, 4.69) is 43.9 Å². The zero-order valence-corrected chi connectivity index (χ0v) is 13.8. The summed E-state index contributed by atoms with van der Waals surface area (Å²) in [5, 5.41) is 0. The standard InChI is InChI=1S/C21H26O/c1-4-15-6-10-20-19-8-5-14-13-16(22-3)7-9-17(14)18(19)11-12-21(15,20)2/h4,6-7,9,13,18-20H,1,5,8,10-12H2,2-3H3/t18?,19?,20?,21-/m1/s1. The number of fused-ring (bicyclic) bond motifs is 5. The van der Waals surface area contributed by atoms with Gasteiger partial charge in [0.25, 0.3) is 0 Å². The molecule has 3 unspecified atom stereocenters. The molecule has 0 N–H and O–H groups in total. The van der Waals surface area contributed by atoms with E-state index < -0.39 is 0 Å². The first-order valence-electron chi connectivity index (χ1n) is 8.67. The molecule has 0 aromatic heterocycles. The Morgan fingerprint density at radius 2 is 2.18 bits per heavy atom. The van der Waals surface area contributed by atoms with Crippen LogP contribution < -0.4 is 4.74 Å². The molecule has 1 fully saturated rings. The van der Waals surface area contributed by atoms with Crippen molar-refractivity contribution in [3.05, 3.63) is 53.6 Å². The molecule has 1 saturated carbocycles. The van der Waals surface area contributed by atoms with E-state index in [0.29, 0.717) is 5.41 Å². The molecular weight excluding hydrogens is 268 g/mol. The zero-order chi connectivity index (χ0) is 15.3. The molecule has 3 aliphatic carbocycles. The van der Waals surface area contributed by atoms with Crippen LogP contribution in [0.3, 0.4) is 0 Å². The summed E-state index contributed by atoms with van der Waals surface area (Å²) >= 11 is 0. The number of rotatable bonds is 2. The van der Waals surface area contributed by atoms with Gasteiger partial charge < -0.3 is 4.74 Å². The van der Waals surface area contributed by atoms with Gasteiger partial charge in [-0.25, -0.2) is 0 Å². The fourth-order valence-corrected chi connectivity index (χ4v) is 5.60. The van der Waals surface area contributed by atoms with Crippen molar-refractivity contribution in [2.75, 3.05) is 7.11 Å². The number of hydrogen-bond acceptors (Lipinski definition) is 1. The molecule has 4 rings (SSSR count). The monoisotopic (exact) mass is 294 g/mol. The molecule has 22 heavy (non-hydrogen) atoms. The second-order valence-corrected chi connectivity index (χ2v) is 7.54. The molecule has 1 heteroatoms. The highest BCUT2D eigenvalue weighted by molar-refractivity contribution is 5.42. The molecule has 116 valence electrons. The first kappa shape index (κ1) is 14.1. The second-order valence-electron chi connectivity index (χ2n) is 7.54. The van der Waals surface area contributed by atoms with Gasteiger partial charge in [-0.15, -0.1) is 0 Å². The highest BCUT2D eigenvalue weighted by Crippen LogP contribution is 2.61. The van der Waals surface area contributed by atoms with E-state index >= 15 is 0 Å². The molecule has 3 aliphatic rings. The third kappa shape index (κ3) is 1.84. The van der Waals surface area contributed by atoms with Crippen LogP contribution in [-0.2, 0) is 6.42 Å². The van der Waals surface area contributed by atoms with E-state index in [0.717, 1.165) is 23.5 Å². The van der Waals surface area contributed by atoms with E-state index in [-0.39, 0.29) is 0 Å². The van der Waals surface area contributed by atoms with E-state index in [9.17, 15) is 0 Å². The molecule has 1 aromatic rings. The predicted octanol–water partition coefficient (Wildman–Crippen LogP) is 5.27. The Kier molecular flexibility index (Phi) is 3.21. The molecule has 0 heterocycles. The van der Waals surface area contributed by atoms with Crippen molar-refractivity contribution < 1.29 is 4.74 Å². The lowest BCUT2D eigenvalue weighted by Gasteiger charge is -2.50. The number of benzene rings is 1. The minimum atomic E-state index is 0.382. The normalized spacial score (nSPS) is 35.9. The summed E-state index contributed by atoms with van der Waals surface area (Å²) in [4.78, 5) is 0. The lowest BCUT2D eigenvalue weighted by molar-refractivity contribution is 0.0774. The van der Waals surface area contributed by atoms with Crippen molar-refractivity contribution >= 4 is 0 Å². The summed E-state index contributed by atoms with van der Waals surface area (Å²) in [5.74, 6) is 3.42. The molecule has 0 aliphatic heterocycles. The van der Waals surface area contributed by atoms with Crippen molar-refractivity contribution in [2.45, 2.75) is 44.9 Å². The summed E-state index contributed by atoms with van der Waals surface area (Å²) in [5.41, 5.74) is 5.02. The number of hydrogen-bond donors (Lipinski definition) is 0. The fourth-order valence-electron chi connectivity index (χ4n) is 5.60. The minimum absolute atomic E-state index is 0.382. The zero-order valence-electron chi connectivity index (χ0n) is 13.8. The van der Waals surface area contributed by atoms with Crippen LogP contribution in [0.2, 0.25) is 0 Å². The lowest BCUT2D eigenvalue weighted by atomic mass is 9.54. The van der Waals surface area contributed by atoms with Crippen molar-refractivity contribution in [1.82, 2.24) is 0 Å². The quantitative estimate of drug-likeness (QED) is 0.721. The third-order valence-corrected chi connectivity index (χ3v) is 6.79. The summed E-state index contributed by atoms with van der Waals surface area (Å²) < 4.78 is 5.41. The molecule has 1 aromatic carbocycles. The molecule has 0 radical (unpaired) electrons. The maximum Gasteiger partial charge on any atom is 0.119 e. The van der Waals surface area contributed by atoms with Crippen LogP contribution in [-0.4, -0.2) is 7.11 Å². The van der Waals surface area contributed by atoms with Gasteiger partial charge in [-0.3, -0.25) is 0 Å². The van der Waals surface area contributed by atoms with Gasteiger partial charge in [0.1, 0.15) is 5.75 Å². The van der Waals surface area contributed by atoms with E-state index in [4.69, 9.17) is 4.74 Å². The van der Waals surface area contributed by atoms with Gasteiger partial charge >= 0.3 is 0 Å². The maximum absolute atomic E-state index is 5.41. The number of allylic oxidation sites excluding steroid dienone is 3. The highest BCUT2D eigenvalue weighted by atomic mass is 16.5. The second kappa shape index (κ2) is 5.01. The van der Waals surface area contributed by atoms with Gasteiger partial charge in [-0.2, -0.15) is 0 Å². The van der Waals surface area contributed by atoms with E-state index in [1.807, 2.05) is 0 Å². The van der Waals surface area contributed by atoms with Crippen molar-refractivity contribution in [2.24, 2.45) is 17.3 Å². The molecular formula is C21H26O. The largest absolute Gasteiger partial charge is 0.497 e. The topological polar surface area (TPSA) is 9.23 Å². The summed E-state index contributed by atoms with van der Waals surface area (Å²) in [6.07, 6.45) is 11.0. The fraction of sp³-hybridized carbons (Fsp3) is 0.524. The smallest absolute Gasteiger partial charge is 0.119 e. The Labute approximate surface area is 134 Å². The van der Waals surface area contributed by atoms with Gasteiger partial charge in [0.05, 0.1) is 7.11 Å². The van der Waals surface area contributed by atoms with Gasteiger partial charge in [-0.05, 0) is 84.1 Å². The Morgan fingerprint density at radius 3 is 2.95 bits per heavy atom. The van der Waals surface area contributed by atoms with Crippen molar-refractivity contribution in [3.8, 4) is 5.75 Å². The molecule has 1 nitrogen and oxygen atoms in total. The number of ether oxygens (including phenoxy) is 1. The number of methoxy groups -OCH3 is 1. The first-order valence-corrected chi connectivity index (χ1v) is 8.67. The van der Waals surface area contributed by atoms with Gasteiger partial charge in [0, 0.05) is 0 Å². The molecule has 0 spiro atoms. The minimum Gasteiger partial charge on any atom is -0.497 e. The number of aryl methyl sites for hydroxylation is 1. The summed E-state index contributed by atoms with van der Waals surface area (Å²) in [7, 11) is 1.76. The van der Waals surface area contributed by atoms with Gasteiger partial charge in [0.2, 0.25) is 0 Å².